The second-order valence-electron chi connectivity index (χ2n) is 4.62. The Bertz CT molecular complexity index is 328. The highest BCUT2D eigenvalue weighted by Crippen LogP contribution is 2.13. The number of quaternary nitrogens is 1. The van der Waals surface area contributed by atoms with Gasteiger partial charge in [0.05, 0.1) is 26.3 Å². The number of ether oxygens (including phenoxy) is 1. The van der Waals surface area contributed by atoms with E-state index in [-0.39, 0.29) is 0 Å². The largest absolute Gasteiger partial charge is 0.463 e. The average Bonchev–Trinajstić information content (AvgIpc) is 2.41. The van der Waals surface area contributed by atoms with Crippen LogP contribution in [0.5, 0.6) is 0 Å². The van der Waals surface area contributed by atoms with Crippen LogP contribution in [0.1, 0.15) is 5.56 Å². The van der Waals surface area contributed by atoms with Gasteiger partial charge in [-0.15, -0.1) is 0 Å². The van der Waals surface area contributed by atoms with Crippen molar-refractivity contribution in [1.29, 1.82) is 0 Å². The molecule has 2 rings (SSSR count). The topological polar surface area (TPSA) is 33.9 Å². The highest BCUT2D eigenvalue weighted by atomic mass is 16.5. The number of aliphatic hydroxyl groups is 1. The van der Waals surface area contributed by atoms with E-state index in [1.807, 2.05) is 30.3 Å². The van der Waals surface area contributed by atoms with Crippen LogP contribution in [-0.4, -0.2) is 37.0 Å². The van der Waals surface area contributed by atoms with Gasteiger partial charge in [0.1, 0.15) is 5.60 Å². The molecule has 1 heterocycles. The molecule has 1 aromatic rings. The molecular weight excluding hydrogens is 202 g/mol. The van der Waals surface area contributed by atoms with Crippen LogP contribution >= 0.6 is 0 Å². The van der Waals surface area contributed by atoms with Crippen LogP contribution in [0.4, 0.5) is 0 Å². The Hall–Kier alpha value is -0.900. The molecule has 0 radical (unpaired) electrons. The first-order valence-electron chi connectivity index (χ1n) is 5.69. The standard InChI is InChI=1S/C13H19NO2/c1-14-7-8-16-11-13(15,10-14)9-12-5-3-2-4-6-12/h2-6,14-15H,1,7-11H2. The van der Waals surface area contributed by atoms with Crippen molar-refractivity contribution in [2.24, 2.45) is 0 Å². The summed E-state index contributed by atoms with van der Waals surface area (Å²) in [6, 6.07) is 10.0. The molecule has 0 saturated carbocycles. The molecule has 1 aliphatic rings. The van der Waals surface area contributed by atoms with Crippen LogP contribution in [-0.2, 0) is 11.2 Å². The summed E-state index contributed by atoms with van der Waals surface area (Å²) in [5.74, 6) is 0. The quantitative estimate of drug-likeness (QED) is 0.670. The number of hydrogen-bond acceptors (Lipinski definition) is 2. The minimum Gasteiger partial charge on any atom is -0.463 e. The van der Waals surface area contributed by atoms with Gasteiger partial charge in [0.15, 0.2) is 0 Å². The molecular formula is C13H19NO2. The summed E-state index contributed by atoms with van der Waals surface area (Å²) in [5.41, 5.74) is 0.359. The highest BCUT2D eigenvalue weighted by molar-refractivity contribution is 5.17. The smallest absolute Gasteiger partial charge is 0.138 e. The van der Waals surface area contributed by atoms with Crippen molar-refractivity contribution >= 4 is 0 Å². The number of rotatable bonds is 2. The lowest BCUT2D eigenvalue weighted by molar-refractivity contribution is -0.858. The van der Waals surface area contributed by atoms with Gasteiger partial charge >= 0.3 is 0 Å². The van der Waals surface area contributed by atoms with Gasteiger partial charge in [-0.25, -0.2) is 0 Å². The Morgan fingerprint density at radius 3 is 2.88 bits per heavy atom. The summed E-state index contributed by atoms with van der Waals surface area (Å²) in [4.78, 5) is 1.08. The Kier molecular flexibility index (Phi) is 3.59. The third kappa shape index (κ3) is 3.04. The molecule has 16 heavy (non-hydrogen) atoms. The maximum absolute atomic E-state index is 10.5. The van der Waals surface area contributed by atoms with E-state index in [2.05, 4.69) is 7.05 Å². The van der Waals surface area contributed by atoms with Crippen LogP contribution in [0.2, 0.25) is 0 Å². The Balaban J connectivity index is 2.06. The molecule has 2 N–H and O–H groups in total. The van der Waals surface area contributed by atoms with Crippen LogP contribution in [0.3, 0.4) is 0 Å². The predicted octanol–water partition coefficient (Wildman–Crippen LogP) is -0.333. The number of nitrogens with one attached hydrogen (secondary N) is 1. The van der Waals surface area contributed by atoms with Gasteiger partial charge in [0.2, 0.25) is 0 Å². The minimum atomic E-state index is -0.783. The van der Waals surface area contributed by atoms with Crippen LogP contribution < -0.4 is 4.90 Å². The summed E-state index contributed by atoms with van der Waals surface area (Å²) in [6.07, 6.45) is 0.632. The monoisotopic (exact) mass is 221 g/mol. The van der Waals surface area contributed by atoms with Crippen molar-refractivity contribution in [1.82, 2.24) is 0 Å². The fraction of sp³-hybridized carbons (Fsp3) is 0.462. The van der Waals surface area contributed by atoms with E-state index in [0.29, 0.717) is 26.2 Å². The van der Waals surface area contributed by atoms with E-state index < -0.39 is 5.60 Å². The fourth-order valence-electron chi connectivity index (χ4n) is 2.17. The zero-order chi connectivity index (χ0) is 11.4. The van der Waals surface area contributed by atoms with Crippen molar-refractivity contribution in [2.75, 3.05) is 26.3 Å². The molecule has 2 atom stereocenters. The van der Waals surface area contributed by atoms with E-state index in [4.69, 9.17) is 4.74 Å². The summed E-state index contributed by atoms with van der Waals surface area (Å²) >= 11 is 0. The fourth-order valence-corrected chi connectivity index (χ4v) is 2.17. The van der Waals surface area contributed by atoms with Crippen molar-refractivity contribution in [3.63, 3.8) is 0 Å². The maximum Gasteiger partial charge on any atom is 0.138 e. The van der Waals surface area contributed by atoms with Gasteiger partial charge in [0, 0.05) is 6.42 Å². The molecule has 1 saturated heterocycles. The molecule has 0 aromatic heterocycles. The lowest BCUT2D eigenvalue weighted by Gasteiger charge is -2.29. The van der Waals surface area contributed by atoms with Gasteiger partial charge in [-0.2, -0.15) is 7.05 Å². The Morgan fingerprint density at radius 1 is 1.38 bits per heavy atom. The van der Waals surface area contributed by atoms with Crippen LogP contribution in [0, 0.1) is 7.05 Å². The lowest BCUT2D eigenvalue weighted by Crippen LogP contribution is -3.09. The molecule has 1 fully saturated rings. The second-order valence-corrected chi connectivity index (χ2v) is 4.62. The predicted molar refractivity (Wildman–Crippen MR) is 62.0 cm³/mol. The zero-order valence-corrected chi connectivity index (χ0v) is 9.48. The Morgan fingerprint density at radius 2 is 2.12 bits per heavy atom. The second kappa shape index (κ2) is 4.95. The first-order valence-corrected chi connectivity index (χ1v) is 5.69. The highest BCUT2D eigenvalue weighted by Gasteiger charge is 2.32. The molecule has 88 valence electrons. The molecule has 3 heteroatoms. The summed E-state index contributed by atoms with van der Waals surface area (Å²) < 4.78 is 5.44. The Labute approximate surface area is 96.6 Å². The van der Waals surface area contributed by atoms with E-state index >= 15 is 0 Å². The maximum atomic E-state index is 10.5. The average molecular weight is 221 g/mol. The third-order valence-corrected chi connectivity index (χ3v) is 2.93. The van der Waals surface area contributed by atoms with E-state index in [1.54, 1.807) is 0 Å². The van der Waals surface area contributed by atoms with E-state index in [9.17, 15) is 5.11 Å². The van der Waals surface area contributed by atoms with E-state index in [0.717, 1.165) is 17.0 Å². The molecule has 0 bridgehead atoms. The number of benzene rings is 1. The lowest BCUT2D eigenvalue weighted by atomic mass is 9.95. The summed E-state index contributed by atoms with van der Waals surface area (Å²) in [5, 5.41) is 10.5. The molecule has 0 amide bonds. The zero-order valence-electron chi connectivity index (χ0n) is 9.48. The minimum absolute atomic E-state index is 0.404. The molecule has 0 aliphatic carbocycles. The third-order valence-electron chi connectivity index (χ3n) is 2.93. The molecule has 1 aromatic carbocycles. The van der Waals surface area contributed by atoms with Crippen molar-refractivity contribution in [3.05, 3.63) is 42.9 Å². The van der Waals surface area contributed by atoms with Gasteiger partial charge in [-0.05, 0) is 5.56 Å². The van der Waals surface area contributed by atoms with Gasteiger partial charge in [-0.1, -0.05) is 30.3 Å². The van der Waals surface area contributed by atoms with Crippen molar-refractivity contribution in [2.45, 2.75) is 12.0 Å². The molecule has 1 aliphatic heterocycles. The van der Waals surface area contributed by atoms with Gasteiger partial charge in [-0.3, -0.25) is 0 Å². The molecule has 0 spiro atoms. The van der Waals surface area contributed by atoms with Gasteiger partial charge < -0.3 is 14.7 Å². The first kappa shape index (κ1) is 11.6. The van der Waals surface area contributed by atoms with E-state index in [1.165, 1.54) is 0 Å². The normalized spacial score (nSPS) is 31.0. The summed E-state index contributed by atoms with van der Waals surface area (Å²) in [7, 11) is 3.97. The molecule has 2 unspecified atom stereocenters. The summed E-state index contributed by atoms with van der Waals surface area (Å²) in [6.45, 7) is 2.58. The van der Waals surface area contributed by atoms with Gasteiger partial charge in [0.25, 0.3) is 0 Å². The van der Waals surface area contributed by atoms with Crippen molar-refractivity contribution < 1.29 is 14.7 Å². The SMILES string of the molecule is [CH2-][NH+]1CCOCC(O)(Cc2ccccc2)C1. The molecule has 3 nitrogen and oxygen atoms in total. The first-order chi connectivity index (χ1) is 7.68. The van der Waals surface area contributed by atoms with Crippen LogP contribution in [0.15, 0.2) is 30.3 Å². The van der Waals surface area contributed by atoms with Crippen LogP contribution in [0.25, 0.3) is 0 Å². The van der Waals surface area contributed by atoms with Crippen molar-refractivity contribution in [3.8, 4) is 0 Å². The number of hydrogen-bond donors (Lipinski definition) is 2.